The smallest absolute Gasteiger partial charge is 0.253 e. The molecule has 0 aliphatic carbocycles. The lowest BCUT2D eigenvalue weighted by atomic mass is 10.1. The van der Waals surface area contributed by atoms with Crippen LogP contribution in [0.2, 0.25) is 0 Å². The number of anilines is 1. The van der Waals surface area contributed by atoms with Crippen LogP contribution in [-0.4, -0.2) is 46.1 Å². The Kier molecular flexibility index (Phi) is 8.27. The molecule has 0 bridgehead atoms. The van der Waals surface area contributed by atoms with Crippen LogP contribution in [0.15, 0.2) is 41.2 Å². The molecule has 0 atom stereocenters. The van der Waals surface area contributed by atoms with E-state index in [-0.39, 0.29) is 5.56 Å². The first kappa shape index (κ1) is 24.9. The molecule has 1 heterocycles. The van der Waals surface area contributed by atoms with E-state index in [1.54, 1.807) is 0 Å². The standard InChI is InChI=1S/C27H36N4OS/c1-7-30(8-2)11-12-31(27(33)28-24-10-9-18(3)13-20(24)5)17-23-16-22-15-19(4)14-21(6)25(22)29-26(23)32/h9-10,13-16H,7-8,11-12,17H2,1-6H3,(H,28,33)(H,29,32). The van der Waals surface area contributed by atoms with Crippen LogP contribution in [-0.2, 0) is 6.54 Å². The van der Waals surface area contributed by atoms with E-state index in [0.717, 1.165) is 59.5 Å². The summed E-state index contributed by atoms with van der Waals surface area (Å²) in [7, 11) is 0. The van der Waals surface area contributed by atoms with E-state index in [1.165, 1.54) is 11.1 Å². The summed E-state index contributed by atoms with van der Waals surface area (Å²) in [5.74, 6) is 0. The van der Waals surface area contributed by atoms with Crippen molar-refractivity contribution in [2.24, 2.45) is 0 Å². The highest BCUT2D eigenvalue weighted by molar-refractivity contribution is 7.80. The van der Waals surface area contributed by atoms with Crippen molar-refractivity contribution in [2.75, 3.05) is 31.5 Å². The van der Waals surface area contributed by atoms with Gasteiger partial charge in [-0.2, -0.15) is 0 Å². The second-order valence-electron chi connectivity index (χ2n) is 8.87. The van der Waals surface area contributed by atoms with Crippen molar-refractivity contribution in [2.45, 2.75) is 48.1 Å². The van der Waals surface area contributed by atoms with Gasteiger partial charge < -0.3 is 20.1 Å². The first-order valence-corrected chi connectivity index (χ1v) is 12.1. The first-order valence-electron chi connectivity index (χ1n) is 11.7. The third-order valence-electron chi connectivity index (χ3n) is 6.22. The molecule has 0 saturated carbocycles. The zero-order chi connectivity index (χ0) is 24.1. The number of H-pyrrole nitrogens is 1. The van der Waals surface area contributed by atoms with Gasteiger partial charge in [-0.3, -0.25) is 4.79 Å². The van der Waals surface area contributed by atoms with Gasteiger partial charge in [-0.25, -0.2) is 0 Å². The number of likely N-dealkylation sites (N-methyl/N-ethyl adjacent to an activating group) is 1. The fourth-order valence-electron chi connectivity index (χ4n) is 4.26. The fraction of sp³-hybridized carbons (Fsp3) is 0.407. The third-order valence-corrected chi connectivity index (χ3v) is 6.58. The molecule has 176 valence electrons. The van der Waals surface area contributed by atoms with E-state index in [1.807, 2.05) is 13.0 Å². The van der Waals surface area contributed by atoms with Gasteiger partial charge in [-0.05, 0) is 87.7 Å². The van der Waals surface area contributed by atoms with Crippen LogP contribution in [0, 0.1) is 27.7 Å². The zero-order valence-electron chi connectivity index (χ0n) is 20.7. The molecule has 3 aromatic rings. The van der Waals surface area contributed by atoms with Gasteiger partial charge in [0, 0.05) is 24.3 Å². The summed E-state index contributed by atoms with van der Waals surface area (Å²) in [6.07, 6.45) is 0. The molecule has 2 N–H and O–H groups in total. The minimum atomic E-state index is -0.0587. The molecule has 0 fully saturated rings. The number of fused-ring (bicyclic) bond motifs is 1. The predicted octanol–water partition coefficient (Wildman–Crippen LogP) is 5.30. The van der Waals surface area contributed by atoms with Crippen LogP contribution in [0.5, 0.6) is 0 Å². The Morgan fingerprint density at radius 2 is 1.64 bits per heavy atom. The molecule has 0 aliphatic heterocycles. The molecule has 1 aromatic heterocycles. The molecule has 0 aliphatic rings. The molecule has 2 aromatic carbocycles. The summed E-state index contributed by atoms with van der Waals surface area (Å²) >= 11 is 5.84. The van der Waals surface area contributed by atoms with Gasteiger partial charge in [-0.15, -0.1) is 0 Å². The molecule has 5 nitrogen and oxygen atoms in total. The highest BCUT2D eigenvalue weighted by Gasteiger charge is 2.16. The van der Waals surface area contributed by atoms with Crippen LogP contribution < -0.4 is 10.9 Å². The van der Waals surface area contributed by atoms with Crippen LogP contribution in [0.3, 0.4) is 0 Å². The summed E-state index contributed by atoms with van der Waals surface area (Å²) in [5.41, 5.74) is 7.19. The number of aromatic nitrogens is 1. The minimum absolute atomic E-state index is 0.0587. The van der Waals surface area contributed by atoms with Gasteiger partial charge in [0.25, 0.3) is 5.56 Å². The predicted molar refractivity (Wildman–Crippen MR) is 144 cm³/mol. The Morgan fingerprint density at radius 1 is 0.939 bits per heavy atom. The van der Waals surface area contributed by atoms with Crippen molar-refractivity contribution >= 4 is 33.9 Å². The maximum Gasteiger partial charge on any atom is 0.253 e. The monoisotopic (exact) mass is 464 g/mol. The Hall–Kier alpha value is -2.70. The summed E-state index contributed by atoms with van der Waals surface area (Å²) in [4.78, 5) is 20.5. The highest BCUT2D eigenvalue weighted by atomic mass is 32.1. The normalized spacial score (nSPS) is 11.2. The molecule has 0 spiro atoms. The van der Waals surface area contributed by atoms with Crippen molar-refractivity contribution in [1.82, 2.24) is 14.8 Å². The SMILES string of the molecule is CCN(CC)CCN(Cc1cc2cc(C)cc(C)c2[nH]c1=O)C(=S)Nc1ccc(C)cc1C. The average Bonchev–Trinajstić information content (AvgIpc) is 2.76. The number of rotatable bonds is 8. The second-order valence-corrected chi connectivity index (χ2v) is 9.25. The molecule has 0 amide bonds. The Bertz CT molecular complexity index is 1200. The van der Waals surface area contributed by atoms with Gasteiger partial charge in [0.1, 0.15) is 0 Å². The van der Waals surface area contributed by atoms with Crippen LogP contribution >= 0.6 is 12.2 Å². The minimum Gasteiger partial charge on any atom is -0.343 e. The lowest BCUT2D eigenvalue weighted by Crippen LogP contribution is -2.41. The molecule has 33 heavy (non-hydrogen) atoms. The lowest BCUT2D eigenvalue weighted by Gasteiger charge is -2.29. The molecule has 3 rings (SSSR count). The quantitative estimate of drug-likeness (QED) is 0.443. The Morgan fingerprint density at radius 3 is 2.30 bits per heavy atom. The number of pyridine rings is 1. The van der Waals surface area contributed by atoms with Gasteiger partial charge in [-0.1, -0.05) is 43.2 Å². The topological polar surface area (TPSA) is 51.4 Å². The van der Waals surface area contributed by atoms with E-state index in [4.69, 9.17) is 12.2 Å². The number of nitrogens with zero attached hydrogens (tertiary/aromatic N) is 2. The van der Waals surface area contributed by atoms with Crippen molar-refractivity contribution in [3.8, 4) is 0 Å². The molecule has 0 radical (unpaired) electrons. The Labute approximate surface area is 202 Å². The fourth-order valence-corrected chi connectivity index (χ4v) is 4.52. The van der Waals surface area contributed by atoms with E-state index in [0.29, 0.717) is 11.7 Å². The maximum absolute atomic E-state index is 13.0. The van der Waals surface area contributed by atoms with Crippen molar-refractivity contribution in [3.05, 3.63) is 74.6 Å². The number of nitrogens with one attached hydrogen (secondary N) is 2. The highest BCUT2D eigenvalue weighted by Crippen LogP contribution is 2.20. The summed E-state index contributed by atoms with van der Waals surface area (Å²) in [6, 6.07) is 12.5. The number of thiocarbonyl (C=S) groups is 1. The zero-order valence-corrected chi connectivity index (χ0v) is 21.5. The van der Waals surface area contributed by atoms with Gasteiger partial charge in [0.2, 0.25) is 0 Å². The summed E-state index contributed by atoms with van der Waals surface area (Å²) in [5, 5.41) is 5.11. The molecular formula is C27H36N4OS. The summed E-state index contributed by atoms with van der Waals surface area (Å²) < 4.78 is 0. The first-order chi connectivity index (χ1) is 15.7. The number of benzene rings is 2. The van der Waals surface area contributed by atoms with E-state index < -0.39 is 0 Å². The third kappa shape index (κ3) is 6.21. The maximum atomic E-state index is 13.0. The molecule has 0 unspecified atom stereocenters. The van der Waals surface area contributed by atoms with E-state index in [9.17, 15) is 4.79 Å². The van der Waals surface area contributed by atoms with E-state index in [2.05, 4.69) is 85.1 Å². The second kappa shape index (κ2) is 10.9. The van der Waals surface area contributed by atoms with Crippen LogP contribution in [0.4, 0.5) is 5.69 Å². The van der Waals surface area contributed by atoms with Gasteiger partial charge in [0.15, 0.2) is 5.11 Å². The van der Waals surface area contributed by atoms with Gasteiger partial charge in [0.05, 0.1) is 12.1 Å². The number of aryl methyl sites for hydroxylation is 4. The van der Waals surface area contributed by atoms with Crippen LogP contribution in [0.25, 0.3) is 10.9 Å². The molecule has 6 heteroatoms. The summed E-state index contributed by atoms with van der Waals surface area (Å²) in [6.45, 7) is 16.6. The molecule has 0 saturated heterocycles. The lowest BCUT2D eigenvalue weighted by molar-refractivity contribution is 0.266. The van der Waals surface area contributed by atoms with Gasteiger partial charge >= 0.3 is 0 Å². The Balaban J connectivity index is 1.91. The van der Waals surface area contributed by atoms with Crippen molar-refractivity contribution in [1.29, 1.82) is 0 Å². The average molecular weight is 465 g/mol. The van der Waals surface area contributed by atoms with Crippen molar-refractivity contribution < 1.29 is 0 Å². The molecular weight excluding hydrogens is 428 g/mol. The number of hydrogen-bond acceptors (Lipinski definition) is 3. The van der Waals surface area contributed by atoms with Crippen molar-refractivity contribution in [3.63, 3.8) is 0 Å². The van der Waals surface area contributed by atoms with E-state index >= 15 is 0 Å². The number of hydrogen-bond donors (Lipinski definition) is 2. The largest absolute Gasteiger partial charge is 0.343 e. The van der Waals surface area contributed by atoms with Crippen LogP contribution in [0.1, 0.15) is 41.7 Å². The number of aromatic amines is 1.